The fourth-order valence-corrected chi connectivity index (χ4v) is 2.28. The van der Waals surface area contributed by atoms with Gasteiger partial charge in [0.25, 0.3) is 11.6 Å². The number of amides is 1. The zero-order valence-corrected chi connectivity index (χ0v) is 11.9. The summed E-state index contributed by atoms with van der Waals surface area (Å²) in [5.41, 5.74) is 1.57. The minimum atomic E-state index is -0.488. The van der Waals surface area contributed by atoms with Gasteiger partial charge in [-0.3, -0.25) is 19.7 Å². The van der Waals surface area contributed by atoms with Crippen LogP contribution >= 0.6 is 0 Å². The van der Waals surface area contributed by atoms with Crippen LogP contribution < -0.4 is 10.1 Å². The predicted octanol–water partition coefficient (Wildman–Crippen LogP) is 2.35. The number of benzene rings is 2. The van der Waals surface area contributed by atoms with Crippen LogP contribution in [0.3, 0.4) is 0 Å². The van der Waals surface area contributed by atoms with Crippen molar-refractivity contribution < 1.29 is 19.2 Å². The second-order valence-corrected chi connectivity index (χ2v) is 5.07. The molecule has 0 saturated heterocycles. The maximum Gasteiger partial charge on any atom is 0.269 e. The number of carbonyl (C=O) groups excluding carboxylic acids is 2. The number of carbonyl (C=O) groups is 2. The van der Waals surface area contributed by atoms with Gasteiger partial charge < -0.3 is 10.1 Å². The van der Waals surface area contributed by atoms with E-state index in [1.165, 1.54) is 12.1 Å². The van der Waals surface area contributed by atoms with E-state index >= 15 is 0 Å². The van der Waals surface area contributed by atoms with Crippen molar-refractivity contribution in [2.24, 2.45) is 0 Å². The molecule has 7 heteroatoms. The van der Waals surface area contributed by atoms with E-state index in [4.69, 9.17) is 4.74 Å². The largest absolute Gasteiger partial charge is 0.482 e. The molecule has 0 fully saturated rings. The Hall–Kier alpha value is -3.22. The number of nitrogens with zero attached hydrogens (tertiary/aromatic N) is 1. The van der Waals surface area contributed by atoms with E-state index in [0.717, 1.165) is 0 Å². The molecule has 0 spiro atoms. The Morgan fingerprint density at radius 2 is 1.96 bits per heavy atom. The molecule has 1 N–H and O–H groups in total. The van der Waals surface area contributed by atoms with Gasteiger partial charge in [0, 0.05) is 24.1 Å². The van der Waals surface area contributed by atoms with Crippen molar-refractivity contribution in [2.75, 3.05) is 11.9 Å². The highest BCUT2D eigenvalue weighted by atomic mass is 16.6. The molecule has 1 aliphatic heterocycles. The van der Waals surface area contributed by atoms with Gasteiger partial charge in [0.15, 0.2) is 12.4 Å². The second kappa shape index (κ2) is 5.88. The third kappa shape index (κ3) is 3.18. The van der Waals surface area contributed by atoms with Crippen LogP contribution in [0, 0.1) is 10.1 Å². The molecule has 7 nitrogen and oxygen atoms in total. The number of rotatable bonds is 4. The molecule has 0 bridgehead atoms. The fraction of sp³-hybridized carbons (Fsp3) is 0.125. The Balaban J connectivity index is 1.77. The lowest BCUT2D eigenvalue weighted by molar-refractivity contribution is -0.384. The van der Waals surface area contributed by atoms with Crippen LogP contribution in [-0.2, 0) is 11.2 Å². The predicted molar refractivity (Wildman–Crippen MR) is 81.7 cm³/mol. The molecular formula is C16H12N2O5. The zero-order valence-electron chi connectivity index (χ0n) is 11.9. The number of non-ortho nitro benzene ring substituents is 1. The Kier molecular flexibility index (Phi) is 3.76. The maximum atomic E-state index is 12.3. The lowest BCUT2D eigenvalue weighted by Gasteiger charge is -2.18. The quantitative estimate of drug-likeness (QED) is 0.531. The van der Waals surface area contributed by atoms with Crippen LogP contribution in [0.4, 0.5) is 11.4 Å². The van der Waals surface area contributed by atoms with Crippen molar-refractivity contribution in [1.82, 2.24) is 0 Å². The number of Topliss-reactive ketones (excluding diaryl/α,β-unsaturated/α-hetero) is 1. The topological polar surface area (TPSA) is 98.5 Å². The molecular weight excluding hydrogens is 300 g/mol. The van der Waals surface area contributed by atoms with E-state index in [2.05, 4.69) is 5.32 Å². The highest BCUT2D eigenvalue weighted by Gasteiger charge is 2.18. The van der Waals surface area contributed by atoms with Crippen LogP contribution in [0.25, 0.3) is 0 Å². The second-order valence-electron chi connectivity index (χ2n) is 5.07. The maximum absolute atomic E-state index is 12.3. The van der Waals surface area contributed by atoms with Gasteiger partial charge in [-0.05, 0) is 23.8 Å². The van der Waals surface area contributed by atoms with E-state index in [0.29, 0.717) is 22.6 Å². The first-order valence-electron chi connectivity index (χ1n) is 6.86. The van der Waals surface area contributed by atoms with Crippen molar-refractivity contribution in [2.45, 2.75) is 6.42 Å². The minimum Gasteiger partial charge on any atom is -0.482 e. The average molecular weight is 312 g/mol. The Labute approximate surface area is 131 Å². The van der Waals surface area contributed by atoms with Gasteiger partial charge in [-0.2, -0.15) is 0 Å². The van der Waals surface area contributed by atoms with Gasteiger partial charge in [-0.15, -0.1) is 0 Å². The molecule has 0 saturated carbocycles. The standard InChI is InChI=1S/C16H12N2O5/c19-14(7-10-1-4-12(5-2-10)18(21)22)11-3-6-15-13(8-11)17-16(20)9-23-15/h1-6,8H,7,9H2,(H,17,20). The molecule has 0 aliphatic carbocycles. The van der Waals surface area contributed by atoms with Crippen LogP contribution in [0.1, 0.15) is 15.9 Å². The van der Waals surface area contributed by atoms with Gasteiger partial charge in [0.1, 0.15) is 5.75 Å². The lowest BCUT2D eigenvalue weighted by atomic mass is 10.0. The van der Waals surface area contributed by atoms with Crippen molar-refractivity contribution in [1.29, 1.82) is 0 Å². The first-order valence-corrected chi connectivity index (χ1v) is 6.86. The van der Waals surface area contributed by atoms with Crippen molar-refractivity contribution in [3.8, 4) is 5.75 Å². The first-order chi connectivity index (χ1) is 11.0. The molecule has 0 atom stereocenters. The summed E-state index contributed by atoms with van der Waals surface area (Å²) in [6.07, 6.45) is 0.117. The van der Waals surface area contributed by atoms with E-state index in [-0.39, 0.29) is 30.4 Å². The third-order valence-electron chi connectivity index (χ3n) is 3.45. The summed E-state index contributed by atoms with van der Waals surface area (Å²) >= 11 is 0. The minimum absolute atomic E-state index is 0.0187. The molecule has 0 unspecified atom stereocenters. The highest BCUT2D eigenvalue weighted by Crippen LogP contribution is 2.29. The van der Waals surface area contributed by atoms with Gasteiger partial charge in [-0.25, -0.2) is 0 Å². The van der Waals surface area contributed by atoms with E-state index < -0.39 is 4.92 Å². The van der Waals surface area contributed by atoms with Gasteiger partial charge in [0.05, 0.1) is 10.6 Å². The molecule has 0 radical (unpaired) electrons. The van der Waals surface area contributed by atoms with E-state index in [1.807, 2.05) is 0 Å². The normalized spacial score (nSPS) is 12.8. The van der Waals surface area contributed by atoms with Crippen LogP contribution in [0.15, 0.2) is 42.5 Å². The number of anilines is 1. The lowest BCUT2D eigenvalue weighted by Crippen LogP contribution is -2.25. The smallest absolute Gasteiger partial charge is 0.269 e. The molecule has 0 aromatic heterocycles. The summed E-state index contributed by atoms with van der Waals surface area (Å²) in [7, 11) is 0. The molecule has 1 heterocycles. The van der Waals surface area contributed by atoms with Crippen molar-refractivity contribution >= 4 is 23.1 Å². The van der Waals surface area contributed by atoms with Crippen molar-refractivity contribution in [3.63, 3.8) is 0 Å². The number of hydrogen-bond donors (Lipinski definition) is 1. The Bertz CT molecular complexity index is 799. The monoisotopic (exact) mass is 312 g/mol. The fourth-order valence-electron chi connectivity index (χ4n) is 2.28. The number of ether oxygens (including phenoxy) is 1. The summed E-state index contributed by atoms with van der Waals surface area (Å²) in [5.74, 6) is 0.107. The number of fused-ring (bicyclic) bond motifs is 1. The highest BCUT2D eigenvalue weighted by molar-refractivity contribution is 6.01. The van der Waals surface area contributed by atoms with Crippen LogP contribution in [0.2, 0.25) is 0 Å². The Morgan fingerprint density at radius 1 is 1.22 bits per heavy atom. The number of nitro benzene ring substituents is 1. The number of hydrogen-bond acceptors (Lipinski definition) is 5. The summed E-state index contributed by atoms with van der Waals surface area (Å²) in [6, 6.07) is 10.7. The number of nitro groups is 1. The van der Waals surface area contributed by atoms with Gasteiger partial charge in [-0.1, -0.05) is 12.1 Å². The summed E-state index contributed by atoms with van der Waals surface area (Å²) in [5, 5.41) is 13.3. The van der Waals surface area contributed by atoms with Crippen LogP contribution in [-0.4, -0.2) is 23.2 Å². The molecule has 116 valence electrons. The summed E-state index contributed by atoms with van der Waals surface area (Å²) < 4.78 is 5.24. The zero-order chi connectivity index (χ0) is 16.4. The summed E-state index contributed by atoms with van der Waals surface area (Å²) in [4.78, 5) is 33.7. The SMILES string of the molecule is O=C1COc2ccc(C(=O)Cc3ccc([N+](=O)[O-])cc3)cc2N1. The van der Waals surface area contributed by atoms with Gasteiger partial charge >= 0.3 is 0 Å². The molecule has 2 aromatic rings. The molecule has 1 amide bonds. The average Bonchev–Trinajstić information content (AvgIpc) is 2.54. The molecule has 23 heavy (non-hydrogen) atoms. The molecule has 2 aromatic carbocycles. The van der Waals surface area contributed by atoms with Gasteiger partial charge in [0.2, 0.25) is 0 Å². The number of nitrogens with one attached hydrogen (secondary N) is 1. The summed E-state index contributed by atoms with van der Waals surface area (Å²) in [6.45, 7) is -0.0386. The van der Waals surface area contributed by atoms with E-state index in [1.54, 1.807) is 30.3 Å². The van der Waals surface area contributed by atoms with E-state index in [9.17, 15) is 19.7 Å². The third-order valence-corrected chi connectivity index (χ3v) is 3.45. The number of ketones is 1. The van der Waals surface area contributed by atoms with Crippen LogP contribution in [0.5, 0.6) is 5.75 Å². The first kappa shape index (κ1) is 14.7. The molecule has 1 aliphatic rings. The molecule has 3 rings (SSSR count). The Morgan fingerprint density at radius 3 is 2.65 bits per heavy atom. The van der Waals surface area contributed by atoms with Crippen molar-refractivity contribution in [3.05, 3.63) is 63.7 Å².